The molecule has 0 fully saturated rings. The molecule has 5 heteroatoms. The molecule has 0 radical (unpaired) electrons. The molecule has 29 heavy (non-hydrogen) atoms. The fraction of sp³-hybridized carbons (Fsp3) is 0.125. The molecule has 0 spiro atoms. The molecule has 0 bridgehead atoms. The molecular formula is C24H19BrN2O2. The predicted molar refractivity (Wildman–Crippen MR) is 119 cm³/mol. The Labute approximate surface area is 177 Å². The summed E-state index contributed by atoms with van der Waals surface area (Å²) in [5, 5.41) is 0.526. The van der Waals surface area contributed by atoms with E-state index in [0.29, 0.717) is 17.5 Å². The smallest absolute Gasteiger partial charge is 0.200 e. The molecule has 0 aliphatic rings. The molecule has 0 saturated heterocycles. The molecule has 0 amide bonds. The van der Waals surface area contributed by atoms with Crippen LogP contribution < -0.4 is 5.43 Å². The Morgan fingerprint density at radius 1 is 1.00 bits per heavy atom. The number of benzene rings is 2. The second-order valence-electron chi connectivity index (χ2n) is 7.12. The Kier molecular flexibility index (Phi) is 5.16. The molecule has 0 aliphatic carbocycles. The van der Waals surface area contributed by atoms with Gasteiger partial charge in [-0.3, -0.25) is 9.59 Å². The van der Waals surface area contributed by atoms with E-state index in [-0.39, 0.29) is 16.8 Å². The van der Waals surface area contributed by atoms with Crippen molar-refractivity contribution in [2.45, 2.75) is 20.4 Å². The Hall–Kier alpha value is -3.05. The number of rotatable bonds is 4. The summed E-state index contributed by atoms with van der Waals surface area (Å²) >= 11 is 3.39. The lowest BCUT2D eigenvalue weighted by atomic mass is 9.97. The number of hydrogen-bond acceptors (Lipinski definition) is 3. The van der Waals surface area contributed by atoms with E-state index in [1.54, 1.807) is 18.3 Å². The topological polar surface area (TPSA) is 52.0 Å². The highest BCUT2D eigenvalue weighted by Crippen LogP contribution is 2.18. The van der Waals surface area contributed by atoms with Crippen LogP contribution in [0.1, 0.15) is 32.7 Å². The highest BCUT2D eigenvalue weighted by molar-refractivity contribution is 9.10. The summed E-state index contributed by atoms with van der Waals surface area (Å²) in [4.78, 5) is 30.9. The van der Waals surface area contributed by atoms with Crippen molar-refractivity contribution in [3.05, 3.63) is 110 Å². The second kappa shape index (κ2) is 7.76. The Morgan fingerprint density at radius 2 is 1.79 bits per heavy atom. The largest absolute Gasteiger partial charge is 0.340 e. The van der Waals surface area contributed by atoms with Crippen LogP contribution in [0, 0.1) is 13.8 Å². The van der Waals surface area contributed by atoms with E-state index in [1.165, 1.54) is 0 Å². The van der Waals surface area contributed by atoms with Gasteiger partial charge in [-0.2, -0.15) is 0 Å². The lowest BCUT2D eigenvalue weighted by Crippen LogP contribution is -2.21. The number of aromatic nitrogens is 2. The fourth-order valence-corrected chi connectivity index (χ4v) is 3.94. The molecule has 4 rings (SSSR count). The molecule has 0 saturated carbocycles. The summed E-state index contributed by atoms with van der Waals surface area (Å²) in [6.07, 6.45) is 1.66. The Bertz CT molecular complexity index is 1310. The van der Waals surface area contributed by atoms with Gasteiger partial charge in [0.05, 0.1) is 23.3 Å². The molecule has 144 valence electrons. The first kappa shape index (κ1) is 19.3. The van der Waals surface area contributed by atoms with Crippen LogP contribution in [-0.2, 0) is 6.54 Å². The van der Waals surface area contributed by atoms with Crippen molar-refractivity contribution in [3.8, 4) is 0 Å². The number of fused-ring (bicyclic) bond motifs is 1. The molecule has 4 aromatic rings. The SMILES string of the molecule is Cc1ccc(C(=O)c2cn(Cc3cccc(Br)n3)c3ccccc3c2=O)c(C)c1. The summed E-state index contributed by atoms with van der Waals surface area (Å²) in [5.74, 6) is -0.255. The second-order valence-corrected chi connectivity index (χ2v) is 7.93. The first-order valence-electron chi connectivity index (χ1n) is 9.29. The first-order valence-corrected chi connectivity index (χ1v) is 10.1. The van der Waals surface area contributed by atoms with Crippen LogP contribution in [-0.4, -0.2) is 15.3 Å². The zero-order valence-corrected chi connectivity index (χ0v) is 17.7. The Balaban J connectivity index is 1.90. The summed E-state index contributed by atoms with van der Waals surface area (Å²) in [7, 11) is 0. The summed E-state index contributed by atoms with van der Waals surface area (Å²) in [6.45, 7) is 4.33. The monoisotopic (exact) mass is 446 g/mol. The predicted octanol–water partition coefficient (Wildman–Crippen LogP) is 5.06. The van der Waals surface area contributed by atoms with E-state index >= 15 is 0 Å². The minimum atomic E-state index is -0.255. The van der Waals surface area contributed by atoms with E-state index in [4.69, 9.17) is 0 Å². The number of carbonyl (C=O) groups is 1. The number of carbonyl (C=O) groups excluding carboxylic acids is 1. The molecule has 0 aliphatic heterocycles. The summed E-state index contributed by atoms with van der Waals surface area (Å²) in [6, 6.07) is 18.7. The average Bonchev–Trinajstić information content (AvgIpc) is 2.70. The van der Waals surface area contributed by atoms with Crippen molar-refractivity contribution in [2.75, 3.05) is 0 Å². The minimum Gasteiger partial charge on any atom is -0.340 e. The van der Waals surface area contributed by atoms with Crippen LogP contribution in [0.4, 0.5) is 0 Å². The van der Waals surface area contributed by atoms with Gasteiger partial charge in [0, 0.05) is 17.1 Å². The fourth-order valence-electron chi connectivity index (χ4n) is 3.56. The molecular weight excluding hydrogens is 428 g/mol. The number of pyridine rings is 2. The molecule has 2 aromatic carbocycles. The maximum atomic E-state index is 13.3. The van der Waals surface area contributed by atoms with Gasteiger partial charge in [0.15, 0.2) is 5.78 Å². The number of nitrogens with zero attached hydrogens (tertiary/aromatic N) is 2. The van der Waals surface area contributed by atoms with Gasteiger partial charge in [-0.05, 0) is 59.6 Å². The van der Waals surface area contributed by atoms with E-state index in [2.05, 4.69) is 20.9 Å². The van der Waals surface area contributed by atoms with Gasteiger partial charge >= 0.3 is 0 Å². The molecule has 4 nitrogen and oxygen atoms in total. The molecule has 2 aromatic heterocycles. The van der Waals surface area contributed by atoms with E-state index in [1.807, 2.05) is 66.9 Å². The number of hydrogen-bond donors (Lipinski definition) is 0. The van der Waals surface area contributed by atoms with Gasteiger partial charge in [-0.1, -0.05) is 42.0 Å². The van der Waals surface area contributed by atoms with Crippen LogP contribution in [0.25, 0.3) is 10.9 Å². The van der Waals surface area contributed by atoms with Gasteiger partial charge in [-0.15, -0.1) is 0 Å². The summed E-state index contributed by atoms with van der Waals surface area (Å²) < 4.78 is 2.66. The first-order chi connectivity index (χ1) is 13.9. The van der Waals surface area contributed by atoms with Gasteiger partial charge in [0.1, 0.15) is 4.60 Å². The highest BCUT2D eigenvalue weighted by Gasteiger charge is 2.19. The van der Waals surface area contributed by atoms with Gasteiger partial charge in [-0.25, -0.2) is 4.98 Å². The molecule has 0 unspecified atom stereocenters. The van der Waals surface area contributed by atoms with Crippen molar-refractivity contribution >= 4 is 32.6 Å². The zero-order chi connectivity index (χ0) is 20.5. The number of halogens is 1. The number of para-hydroxylation sites is 1. The van der Waals surface area contributed by atoms with Crippen LogP contribution in [0.2, 0.25) is 0 Å². The van der Waals surface area contributed by atoms with Crippen LogP contribution in [0.15, 0.2) is 76.3 Å². The average molecular weight is 447 g/mol. The van der Waals surface area contributed by atoms with Crippen molar-refractivity contribution in [1.29, 1.82) is 0 Å². The van der Waals surface area contributed by atoms with Crippen molar-refractivity contribution in [3.63, 3.8) is 0 Å². The highest BCUT2D eigenvalue weighted by atomic mass is 79.9. The maximum Gasteiger partial charge on any atom is 0.200 e. The van der Waals surface area contributed by atoms with Crippen LogP contribution in [0.5, 0.6) is 0 Å². The van der Waals surface area contributed by atoms with Crippen LogP contribution in [0.3, 0.4) is 0 Å². The standard InChI is InChI=1S/C24H19BrN2O2/c1-15-10-11-18(16(2)12-15)23(28)20-14-27(13-17-6-5-9-22(25)26-17)21-8-4-3-7-19(21)24(20)29/h3-12,14H,13H2,1-2H3. The van der Waals surface area contributed by atoms with Gasteiger partial charge in [0.2, 0.25) is 5.43 Å². The van der Waals surface area contributed by atoms with Crippen LogP contribution >= 0.6 is 15.9 Å². The normalized spacial score (nSPS) is 11.0. The van der Waals surface area contributed by atoms with Crippen molar-refractivity contribution in [2.24, 2.45) is 0 Å². The lowest BCUT2D eigenvalue weighted by molar-refractivity contribution is 0.103. The van der Waals surface area contributed by atoms with Crippen molar-refractivity contribution in [1.82, 2.24) is 9.55 Å². The number of ketones is 1. The lowest BCUT2D eigenvalue weighted by Gasteiger charge is -2.14. The number of aryl methyl sites for hydroxylation is 2. The minimum absolute atomic E-state index is 0.172. The van der Waals surface area contributed by atoms with Gasteiger partial charge in [0.25, 0.3) is 0 Å². The molecule has 0 N–H and O–H groups in total. The Morgan fingerprint density at radius 3 is 2.55 bits per heavy atom. The van der Waals surface area contributed by atoms with Crippen molar-refractivity contribution < 1.29 is 4.79 Å². The molecule has 0 atom stereocenters. The van der Waals surface area contributed by atoms with Gasteiger partial charge < -0.3 is 4.57 Å². The third-order valence-electron chi connectivity index (χ3n) is 4.96. The van der Waals surface area contributed by atoms with E-state index < -0.39 is 0 Å². The maximum absolute atomic E-state index is 13.3. The third kappa shape index (κ3) is 3.78. The summed E-state index contributed by atoms with van der Waals surface area (Å²) in [5.41, 5.74) is 4.03. The van der Waals surface area contributed by atoms with E-state index in [9.17, 15) is 9.59 Å². The molecule has 2 heterocycles. The van der Waals surface area contributed by atoms with E-state index in [0.717, 1.165) is 26.9 Å². The zero-order valence-electron chi connectivity index (χ0n) is 16.1. The third-order valence-corrected chi connectivity index (χ3v) is 5.41. The quantitative estimate of drug-likeness (QED) is 0.325.